The molecular weight excluding hydrogens is 282 g/mol. The molecule has 0 heterocycles. The van der Waals surface area contributed by atoms with Gasteiger partial charge in [0.1, 0.15) is 0 Å². The third-order valence-electron chi connectivity index (χ3n) is 5.66. The Bertz CT molecular complexity index is 341. The Morgan fingerprint density at radius 1 is 1.05 bits per heavy atom. The average Bonchev–Trinajstić information content (AvgIpc) is 2.94. The van der Waals surface area contributed by atoms with Gasteiger partial charge in [-0.1, -0.05) is 46.0 Å². The maximum atomic E-state index is 12.8. The summed E-state index contributed by atoms with van der Waals surface area (Å²) in [6, 6.07) is 0. The minimum atomic E-state index is -0.0870. The van der Waals surface area contributed by atoms with Crippen molar-refractivity contribution in [1.82, 2.24) is 5.32 Å². The molecule has 0 aliphatic heterocycles. The Kier molecular flexibility index (Phi) is 5.99. The molecule has 2 fully saturated rings. The minimum Gasteiger partial charge on any atom is -0.355 e. The van der Waals surface area contributed by atoms with Crippen LogP contribution in [0.5, 0.6) is 0 Å². The normalized spacial score (nSPS) is 24.2. The molecule has 0 unspecified atom stereocenters. The topological polar surface area (TPSA) is 29.1 Å². The summed E-state index contributed by atoms with van der Waals surface area (Å²) in [5.74, 6) is 1.58. The molecule has 1 N–H and O–H groups in total. The maximum absolute atomic E-state index is 12.8. The van der Waals surface area contributed by atoms with Gasteiger partial charge in [-0.05, 0) is 38.0 Å². The number of carbonyl (C=O) groups excluding carboxylic acids is 1. The van der Waals surface area contributed by atoms with E-state index in [2.05, 4.69) is 19.2 Å². The Hall–Kier alpha value is -0.240. The van der Waals surface area contributed by atoms with Gasteiger partial charge in [0.15, 0.2) is 0 Å². The average molecular weight is 314 g/mol. The van der Waals surface area contributed by atoms with Crippen molar-refractivity contribution in [2.75, 3.05) is 12.4 Å². The van der Waals surface area contributed by atoms with Crippen LogP contribution >= 0.6 is 11.6 Å². The Morgan fingerprint density at radius 2 is 1.62 bits per heavy atom. The molecule has 1 amide bonds. The van der Waals surface area contributed by atoms with Crippen LogP contribution < -0.4 is 5.32 Å². The van der Waals surface area contributed by atoms with Gasteiger partial charge < -0.3 is 5.32 Å². The highest BCUT2D eigenvalue weighted by Gasteiger charge is 2.42. The molecule has 122 valence electrons. The van der Waals surface area contributed by atoms with Gasteiger partial charge >= 0.3 is 0 Å². The van der Waals surface area contributed by atoms with Gasteiger partial charge in [0.25, 0.3) is 0 Å². The van der Waals surface area contributed by atoms with E-state index < -0.39 is 0 Å². The van der Waals surface area contributed by atoms with Crippen LogP contribution in [0.4, 0.5) is 0 Å². The van der Waals surface area contributed by atoms with E-state index in [1.54, 1.807) is 0 Å². The van der Waals surface area contributed by atoms with Crippen LogP contribution in [0, 0.1) is 16.7 Å². The summed E-state index contributed by atoms with van der Waals surface area (Å²) in [4.78, 5) is 12.8. The predicted molar refractivity (Wildman–Crippen MR) is 89.6 cm³/mol. The number of hydrogen-bond acceptors (Lipinski definition) is 1. The first-order valence-corrected chi connectivity index (χ1v) is 9.40. The van der Waals surface area contributed by atoms with E-state index in [0.29, 0.717) is 17.7 Å². The fraction of sp³-hybridized carbons (Fsp3) is 0.944. The smallest absolute Gasteiger partial charge is 0.226 e. The predicted octanol–water partition coefficient (Wildman–Crippen LogP) is 4.90. The largest absolute Gasteiger partial charge is 0.355 e. The SMILES string of the molecule is CC(C)CC1(C(=O)NCC2(CCl)CCCCC2)CCCC1. The first kappa shape index (κ1) is 17.1. The zero-order chi connectivity index (χ0) is 15.3. The van der Waals surface area contributed by atoms with Crippen molar-refractivity contribution in [1.29, 1.82) is 0 Å². The fourth-order valence-electron chi connectivity index (χ4n) is 4.47. The highest BCUT2D eigenvalue weighted by molar-refractivity contribution is 6.18. The van der Waals surface area contributed by atoms with E-state index in [0.717, 1.165) is 25.8 Å². The second kappa shape index (κ2) is 7.35. The van der Waals surface area contributed by atoms with Crippen LogP contribution in [-0.4, -0.2) is 18.3 Å². The second-order valence-corrected chi connectivity index (χ2v) is 8.23. The molecule has 2 rings (SSSR count). The van der Waals surface area contributed by atoms with Gasteiger partial charge in [-0.15, -0.1) is 11.6 Å². The number of amides is 1. The molecule has 0 saturated heterocycles. The van der Waals surface area contributed by atoms with E-state index in [9.17, 15) is 4.79 Å². The molecule has 0 spiro atoms. The van der Waals surface area contributed by atoms with Crippen molar-refractivity contribution in [2.24, 2.45) is 16.7 Å². The van der Waals surface area contributed by atoms with Gasteiger partial charge in [0, 0.05) is 23.3 Å². The summed E-state index contributed by atoms with van der Waals surface area (Å²) in [6.07, 6.45) is 11.8. The molecule has 0 aromatic rings. The molecule has 0 aromatic heterocycles. The number of carbonyl (C=O) groups is 1. The number of halogens is 1. The van der Waals surface area contributed by atoms with E-state index in [1.165, 1.54) is 44.9 Å². The number of rotatable bonds is 6. The van der Waals surface area contributed by atoms with Crippen molar-refractivity contribution >= 4 is 17.5 Å². The molecule has 0 aromatic carbocycles. The maximum Gasteiger partial charge on any atom is 0.226 e. The lowest BCUT2D eigenvalue weighted by molar-refractivity contribution is -0.132. The van der Waals surface area contributed by atoms with E-state index in [1.807, 2.05) is 0 Å². The minimum absolute atomic E-state index is 0.0870. The molecule has 0 atom stereocenters. The van der Waals surface area contributed by atoms with Crippen LogP contribution in [0.15, 0.2) is 0 Å². The first-order valence-electron chi connectivity index (χ1n) is 8.86. The fourth-order valence-corrected chi connectivity index (χ4v) is 4.83. The number of hydrogen-bond donors (Lipinski definition) is 1. The summed E-state index contributed by atoms with van der Waals surface area (Å²) in [7, 11) is 0. The third kappa shape index (κ3) is 4.15. The van der Waals surface area contributed by atoms with E-state index in [-0.39, 0.29) is 10.8 Å². The molecule has 21 heavy (non-hydrogen) atoms. The zero-order valence-corrected chi connectivity index (χ0v) is 14.6. The zero-order valence-electron chi connectivity index (χ0n) is 13.8. The summed E-state index contributed by atoms with van der Waals surface area (Å²) in [6.45, 7) is 5.25. The van der Waals surface area contributed by atoms with Gasteiger partial charge in [-0.25, -0.2) is 0 Å². The van der Waals surface area contributed by atoms with Crippen LogP contribution in [0.1, 0.15) is 78.1 Å². The molecular formula is C18H32ClNO. The van der Waals surface area contributed by atoms with E-state index >= 15 is 0 Å². The Labute approximate surface area is 135 Å². The summed E-state index contributed by atoms with van der Waals surface area (Å²) >= 11 is 6.25. The highest BCUT2D eigenvalue weighted by Crippen LogP contribution is 2.44. The quantitative estimate of drug-likeness (QED) is 0.694. The monoisotopic (exact) mass is 313 g/mol. The van der Waals surface area contributed by atoms with Crippen molar-refractivity contribution in [3.05, 3.63) is 0 Å². The lowest BCUT2D eigenvalue weighted by Crippen LogP contribution is -2.46. The summed E-state index contributed by atoms with van der Waals surface area (Å²) in [5, 5.41) is 3.31. The molecule has 0 bridgehead atoms. The van der Waals surface area contributed by atoms with Crippen LogP contribution in [0.25, 0.3) is 0 Å². The molecule has 2 aliphatic rings. The molecule has 2 aliphatic carbocycles. The lowest BCUT2D eigenvalue weighted by Gasteiger charge is -2.37. The standard InChI is InChI=1S/C18H32ClNO/c1-15(2)12-18(10-6-7-11-18)16(21)20-14-17(13-19)8-4-3-5-9-17/h15H,3-14H2,1-2H3,(H,20,21). The summed E-state index contributed by atoms with van der Waals surface area (Å²) < 4.78 is 0. The Morgan fingerprint density at radius 3 is 2.14 bits per heavy atom. The van der Waals surface area contributed by atoms with E-state index in [4.69, 9.17) is 11.6 Å². The van der Waals surface area contributed by atoms with Crippen molar-refractivity contribution in [3.63, 3.8) is 0 Å². The molecule has 0 radical (unpaired) electrons. The van der Waals surface area contributed by atoms with Gasteiger partial charge in [-0.3, -0.25) is 4.79 Å². The summed E-state index contributed by atoms with van der Waals surface area (Å²) in [5.41, 5.74) is 0.0728. The first-order chi connectivity index (χ1) is 10.0. The third-order valence-corrected chi connectivity index (χ3v) is 6.23. The van der Waals surface area contributed by atoms with Crippen LogP contribution in [-0.2, 0) is 4.79 Å². The number of nitrogens with one attached hydrogen (secondary N) is 1. The van der Waals surface area contributed by atoms with Crippen LogP contribution in [0.3, 0.4) is 0 Å². The second-order valence-electron chi connectivity index (χ2n) is 7.96. The van der Waals surface area contributed by atoms with Crippen molar-refractivity contribution in [3.8, 4) is 0 Å². The molecule has 3 heteroatoms. The Balaban J connectivity index is 1.95. The molecule has 2 nitrogen and oxygen atoms in total. The lowest BCUT2D eigenvalue weighted by atomic mass is 9.74. The molecule has 2 saturated carbocycles. The van der Waals surface area contributed by atoms with Crippen LogP contribution in [0.2, 0.25) is 0 Å². The number of alkyl halides is 1. The van der Waals surface area contributed by atoms with Gasteiger partial charge in [-0.2, -0.15) is 0 Å². The van der Waals surface area contributed by atoms with Gasteiger partial charge in [0.2, 0.25) is 5.91 Å². The van der Waals surface area contributed by atoms with Crippen molar-refractivity contribution < 1.29 is 4.79 Å². The highest BCUT2D eigenvalue weighted by atomic mass is 35.5. The van der Waals surface area contributed by atoms with Gasteiger partial charge in [0.05, 0.1) is 0 Å². The van der Waals surface area contributed by atoms with Crippen molar-refractivity contribution in [2.45, 2.75) is 78.1 Å².